The van der Waals surface area contributed by atoms with Crippen molar-refractivity contribution in [1.82, 2.24) is 0 Å². The standard InChI is InChI=1S/C10H12ClNO/c11-8-2-1-3-9-10(8)7(6-12)4-5-13-9/h1-3,7H,4-6,12H2. The van der Waals surface area contributed by atoms with Crippen LogP contribution < -0.4 is 10.5 Å². The topological polar surface area (TPSA) is 35.2 Å². The first kappa shape index (κ1) is 8.85. The molecule has 2 N–H and O–H groups in total. The lowest BCUT2D eigenvalue weighted by Crippen LogP contribution is -2.21. The molecule has 1 aliphatic heterocycles. The molecule has 1 unspecified atom stereocenters. The van der Waals surface area contributed by atoms with Gasteiger partial charge in [-0.2, -0.15) is 0 Å². The highest BCUT2D eigenvalue weighted by Gasteiger charge is 2.22. The largest absolute Gasteiger partial charge is 0.493 e. The summed E-state index contributed by atoms with van der Waals surface area (Å²) in [6.07, 6.45) is 0.966. The van der Waals surface area contributed by atoms with Crippen molar-refractivity contribution in [2.24, 2.45) is 5.73 Å². The fraction of sp³-hybridized carbons (Fsp3) is 0.400. The summed E-state index contributed by atoms with van der Waals surface area (Å²) in [5.41, 5.74) is 6.75. The van der Waals surface area contributed by atoms with E-state index in [1.807, 2.05) is 18.2 Å². The summed E-state index contributed by atoms with van der Waals surface area (Å²) < 4.78 is 5.50. The van der Waals surface area contributed by atoms with E-state index in [2.05, 4.69) is 0 Å². The number of benzene rings is 1. The van der Waals surface area contributed by atoms with Crippen LogP contribution in [0.25, 0.3) is 0 Å². The zero-order chi connectivity index (χ0) is 9.26. The van der Waals surface area contributed by atoms with Crippen LogP contribution in [0.2, 0.25) is 5.02 Å². The van der Waals surface area contributed by atoms with Crippen molar-refractivity contribution in [3.63, 3.8) is 0 Å². The fourth-order valence-corrected chi connectivity index (χ4v) is 2.05. The van der Waals surface area contributed by atoms with E-state index in [4.69, 9.17) is 22.1 Å². The average molecular weight is 198 g/mol. The van der Waals surface area contributed by atoms with Crippen LogP contribution >= 0.6 is 11.6 Å². The third-order valence-electron chi connectivity index (χ3n) is 2.43. The Hall–Kier alpha value is -0.730. The molecule has 2 rings (SSSR count). The second-order valence-corrected chi connectivity index (χ2v) is 3.63. The molecule has 1 aromatic rings. The molecule has 0 radical (unpaired) electrons. The molecule has 1 aliphatic rings. The number of nitrogens with two attached hydrogens (primary N) is 1. The Morgan fingerprint density at radius 3 is 3.15 bits per heavy atom. The number of hydrogen-bond acceptors (Lipinski definition) is 2. The third kappa shape index (κ3) is 1.52. The number of ether oxygens (including phenoxy) is 1. The van der Waals surface area contributed by atoms with Crippen LogP contribution in [0.5, 0.6) is 5.75 Å². The van der Waals surface area contributed by atoms with Crippen LogP contribution in [0.15, 0.2) is 18.2 Å². The maximum atomic E-state index is 6.08. The number of hydrogen-bond donors (Lipinski definition) is 1. The molecule has 0 amide bonds. The SMILES string of the molecule is NCC1CCOc2cccc(Cl)c21. The lowest BCUT2D eigenvalue weighted by atomic mass is 9.93. The highest BCUT2D eigenvalue weighted by atomic mass is 35.5. The molecule has 0 saturated heterocycles. The molecule has 0 saturated carbocycles. The summed E-state index contributed by atoms with van der Waals surface area (Å²) in [5, 5.41) is 0.771. The maximum Gasteiger partial charge on any atom is 0.124 e. The van der Waals surface area contributed by atoms with Crippen molar-refractivity contribution >= 4 is 11.6 Å². The van der Waals surface area contributed by atoms with Gasteiger partial charge >= 0.3 is 0 Å². The predicted octanol–water partition coefficient (Wildman–Crippen LogP) is 2.16. The number of rotatable bonds is 1. The minimum absolute atomic E-state index is 0.359. The zero-order valence-electron chi connectivity index (χ0n) is 7.29. The van der Waals surface area contributed by atoms with E-state index in [9.17, 15) is 0 Å². The summed E-state index contributed by atoms with van der Waals surface area (Å²) in [6, 6.07) is 5.74. The molecule has 13 heavy (non-hydrogen) atoms. The Kier molecular flexibility index (Phi) is 2.42. The first-order valence-corrected chi connectivity index (χ1v) is 4.82. The van der Waals surface area contributed by atoms with Crippen molar-refractivity contribution in [2.75, 3.05) is 13.2 Å². The number of fused-ring (bicyclic) bond motifs is 1. The summed E-state index contributed by atoms with van der Waals surface area (Å²) in [5.74, 6) is 1.26. The summed E-state index contributed by atoms with van der Waals surface area (Å²) in [4.78, 5) is 0. The molecule has 0 aromatic heterocycles. The minimum atomic E-state index is 0.359. The van der Waals surface area contributed by atoms with E-state index < -0.39 is 0 Å². The monoisotopic (exact) mass is 197 g/mol. The molecule has 2 nitrogen and oxygen atoms in total. The van der Waals surface area contributed by atoms with E-state index in [0.29, 0.717) is 12.5 Å². The average Bonchev–Trinajstić information content (AvgIpc) is 2.17. The van der Waals surface area contributed by atoms with Gasteiger partial charge in [0, 0.05) is 16.5 Å². The molecule has 0 fully saturated rings. The van der Waals surface area contributed by atoms with Gasteiger partial charge in [-0.25, -0.2) is 0 Å². The van der Waals surface area contributed by atoms with E-state index in [-0.39, 0.29) is 0 Å². The van der Waals surface area contributed by atoms with Gasteiger partial charge in [0.25, 0.3) is 0 Å². The zero-order valence-corrected chi connectivity index (χ0v) is 8.05. The van der Waals surface area contributed by atoms with Crippen molar-refractivity contribution in [1.29, 1.82) is 0 Å². The molecular weight excluding hydrogens is 186 g/mol. The van der Waals surface area contributed by atoms with E-state index in [1.54, 1.807) is 0 Å². The van der Waals surface area contributed by atoms with E-state index in [0.717, 1.165) is 29.4 Å². The Bertz CT molecular complexity index is 314. The third-order valence-corrected chi connectivity index (χ3v) is 2.76. The normalized spacial score (nSPS) is 20.6. The van der Waals surface area contributed by atoms with Crippen molar-refractivity contribution < 1.29 is 4.74 Å². The van der Waals surface area contributed by atoms with Gasteiger partial charge < -0.3 is 10.5 Å². The predicted molar refractivity (Wildman–Crippen MR) is 53.4 cm³/mol. The van der Waals surface area contributed by atoms with Gasteiger partial charge in [-0.3, -0.25) is 0 Å². The first-order chi connectivity index (χ1) is 6.33. The van der Waals surface area contributed by atoms with Gasteiger partial charge in [0.1, 0.15) is 5.75 Å². The summed E-state index contributed by atoms with van der Waals surface area (Å²) in [7, 11) is 0. The van der Waals surface area contributed by atoms with Gasteiger partial charge in [-0.15, -0.1) is 0 Å². The lowest BCUT2D eigenvalue weighted by Gasteiger charge is -2.25. The van der Waals surface area contributed by atoms with Gasteiger partial charge in [-0.05, 0) is 25.1 Å². The van der Waals surface area contributed by atoms with Crippen LogP contribution in [0.4, 0.5) is 0 Å². The van der Waals surface area contributed by atoms with Crippen LogP contribution in [0.3, 0.4) is 0 Å². The highest BCUT2D eigenvalue weighted by Crippen LogP contribution is 2.37. The second-order valence-electron chi connectivity index (χ2n) is 3.22. The van der Waals surface area contributed by atoms with Gasteiger partial charge in [-0.1, -0.05) is 17.7 Å². The summed E-state index contributed by atoms with van der Waals surface area (Å²) in [6.45, 7) is 1.38. The Morgan fingerprint density at radius 1 is 1.54 bits per heavy atom. The van der Waals surface area contributed by atoms with Gasteiger partial charge in [0.05, 0.1) is 6.61 Å². The second kappa shape index (κ2) is 3.56. The van der Waals surface area contributed by atoms with Gasteiger partial charge in [0.2, 0.25) is 0 Å². The lowest BCUT2D eigenvalue weighted by molar-refractivity contribution is 0.269. The fourth-order valence-electron chi connectivity index (χ4n) is 1.73. The summed E-state index contributed by atoms with van der Waals surface area (Å²) >= 11 is 6.08. The number of halogens is 1. The van der Waals surface area contributed by atoms with Crippen LogP contribution in [-0.2, 0) is 0 Å². The maximum absolute atomic E-state index is 6.08. The molecule has 70 valence electrons. The first-order valence-electron chi connectivity index (χ1n) is 4.44. The molecular formula is C10H12ClNO. The molecule has 0 bridgehead atoms. The smallest absolute Gasteiger partial charge is 0.124 e. The van der Waals surface area contributed by atoms with Crippen LogP contribution in [0, 0.1) is 0 Å². The van der Waals surface area contributed by atoms with E-state index >= 15 is 0 Å². The molecule has 3 heteroatoms. The van der Waals surface area contributed by atoms with Crippen LogP contribution in [0.1, 0.15) is 17.9 Å². The highest BCUT2D eigenvalue weighted by molar-refractivity contribution is 6.31. The van der Waals surface area contributed by atoms with Crippen molar-refractivity contribution in [2.45, 2.75) is 12.3 Å². The van der Waals surface area contributed by atoms with Crippen molar-refractivity contribution in [3.05, 3.63) is 28.8 Å². The van der Waals surface area contributed by atoms with Crippen molar-refractivity contribution in [3.8, 4) is 5.75 Å². The minimum Gasteiger partial charge on any atom is -0.493 e. The molecule has 1 aromatic carbocycles. The quantitative estimate of drug-likeness (QED) is 0.749. The molecule has 1 heterocycles. The van der Waals surface area contributed by atoms with Crippen LogP contribution in [-0.4, -0.2) is 13.2 Å². The van der Waals surface area contributed by atoms with Gasteiger partial charge in [0.15, 0.2) is 0 Å². The molecule has 0 aliphatic carbocycles. The van der Waals surface area contributed by atoms with E-state index in [1.165, 1.54) is 0 Å². The Labute approximate surface area is 82.6 Å². The molecule has 1 atom stereocenters. The molecule has 0 spiro atoms. The Balaban J connectivity index is 2.47. The Morgan fingerprint density at radius 2 is 2.38 bits per heavy atom.